The maximum Gasteiger partial charge on any atom is 0.203 e. The molecule has 0 unspecified atom stereocenters. The van der Waals surface area contributed by atoms with Gasteiger partial charge in [-0.1, -0.05) is 24.3 Å². The number of nitrogens with zero attached hydrogens (tertiary/aromatic N) is 2. The number of benzene rings is 2. The molecule has 1 aliphatic rings. The third-order valence-electron chi connectivity index (χ3n) is 5.92. The van der Waals surface area contributed by atoms with Crippen LogP contribution in [0.3, 0.4) is 0 Å². The van der Waals surface area contributed by atoms with E-state index in [0.29, 0.717) is 23.3 Å². The number of hydrogen-bond donors (Lipinski definition) is 1. The molecule has 1 atom stereocenters. The molecular formula is C24H34N2O4. The number of methoxy groups -OCH3 is 3. The van der Waals surface area contributed by atoms with E-state index in [2.05, 4.69) is 41.0 Å². The number of aryl methyl sites for hydroxylation is 1. The molecule has 6 nitrogen and oxygen atoms in total. The molecule has 2 aromatic rings. The number of rotatable bonds is 9. The van der Waals surface area contributed by atoms with Crippen molar-refractivity contribution in [3.63, 3.8) is 0 Å². The molecule has 0 radical (unpaired) electrons. The molecule has 30 heavy (non-hydrogen) atoms. The van der Waals surface area contributed by atoms with Crippen molar-refractivity contribution in [1.29, 1.82) is 0 Å². The van der Waals surface area contributed by atoms with Gasteiger partial charge < -0.3 is 19.3 Å². The van der Waals surface area contributed by atoms with Crippen molar-refractivity contribution in [2.75, 3.05) is 47.6 Å². The lowest BCUT2D eigenvalue weighted by atomic mass is 10.0. The van der Waals surface area contributed by atoms with Crippen LogP contribution >= 0.6 is 0 Å². The first-order chi connectivity index (χ1) is 14.6. The quantitative estimate of drug-likeness (QED) is 0.681. The fourth-order valence-electron chi connectivity index (χ4n) is 4.22. The summed E-state index contributed by atoms with van der Waals surface area (Å²) in [5, 5.41) is 9.64. The second-order valence-electron chi connectivity index (χ2n) is 7.83. The first-order valence-corrected chi connectivity index (χ1v) is 10.5. The molecule has 1 heterocycles. The van der Waals surface area contributed by atoms with Crippen LogP contribution in [-0.4, -0.2) is 68.5 Å². The van der Waals surface area contributed by atoms with E-state index in [1.807, 2.05) is 12.1 Å². The van der Waals surface area contributed by atoms with Crippen molar-refractivity contribution in [2.45, 2.75) is 32.5 Å². The number of piperazine rings is 1. The second-order valence-corrected chi connectivity index (χ2v) is 7.83. The van der Waals surface area contributed by atoms with Crippen LogP contribution in [-0.2, 0) is 13.1 Å². The lowest BCUT2D eigenvalue weighted by molar-refractivity contribution is 0.0498. The van der Waals surface area contributed by atoms with E-state index < -0.39 is 0 Å². The standard InChI is InChI=1S/C24H34N2O4/c1-18-7-5-6-8-20(18)16-26-11-10-25(17-21(26)9-12-27)15-19-13-22(28-2)24(30-4)23(14-19)29-3/h5-8,13-14,21,27H,9-12,15-17H2,1-4H3/t21-/m1/s1. The summed E-state index contributed by atoms with van der Waals surface area (Å²) < 4.78 is 16.4. The van der Waals surface area contributed by atoms with Gasteiger partial charge in [0.1, 0.15) is 0 Å². The van der Waals surface area contributed by atoms with Crippen LogP contribution in [0.2, 0.25) is 0 Å². The summed E-state index contributed by atoms with van der Waals surface area (Å²) in [6.45, 7) is 6.97. The third kappa shape index (κ3) is 5.25. The normalized spacial score (nSPS) is 17.7. The Morgan fingerprint density at radius 2 is 1.67 bits per heavy atom. The number of aliphatic hydroxyl groups is 1. The van der Waals surface area contributed by atoms with Gasteiger partial charge in [0, 0.05) is 45.4 Å². The van der Waals surface area contributed by atoms with Crippen molar-refractivity contribution in [2.24, 2.45) is 0 Å². The van der Waals surface area contributed by atoms with Gasteiger partial charge in [0.05, 0.1) is 21.3 Å². The molecule has 1 fully saturated rings. The van der Waals surface area contributed by atoms with Gasteiger partial charge >= 0.3 is 0 Å². The highest BCUT2D eigenvalue weighted by Gasteiger charge is 2.27. The van der Waals surface area contributed by atoms with Crippen LogP contribution in [0, 0.1) is 6.92 Å². The Hall–Kier alpha value is -2.28. The Balaban J connectivity index is 1.71. The average molecular weight is 415 g/mol. The Bertz CT molecular complexity index is 802. The molecule has 0 saturated carbocycles. The molecule has 2 aromatic carbocycles. The number of ether oxygens (including phenoxy) is 3. The fraction of sp³-hybridized carbons (Fsp3) is 0.500. The lowest BCUT2D eigenvalue weighted by Gasteiger charge is -2.41. The van der Waals surface area contributed by atoms with Crippen LogP contribution < -0.4 is 14.2 Å². The largest absolute Gasteiger partial charge is 0.493 e. The van der Waals surface area contributed by atoms with Gasteiger partial charge in [-0.15, -0.1) is 0 Å². The van der Waals surface area contributed by atoms with Crippen molar-refractivity contribution in [1.82, 2.24) is 9.80 Å². The average Bonchev–Trinajstić information content (AvgIpc) is 2.76. The van der Waals surface area contributed by atoms with Crippen LogP contribution in [0.4, 0.5) is 0 Å². The van der Waals surface area contributed by atoms with E-state index in [-0.39, 0.29) is 6.61 Å². The predicted molar refractivity (Wildman–Crippen MR) is 118 cm³/mol. The summed E-state index contributed by atoms with van der Waals surface area (Å²) in [5.41, 5.74) is 3.80. The smallest absolute Gasteiger partial charge is 0.203 e. The van der Waals surface area contributed by atoms with E-state index in [1.54, 1.807) is 21.3 Å². The Morgan fingerprint density at radius 1 is 0.967 bits per heavy atom. The SMILES string of the molecule is COc1cc(CN2CCN(Cc3ccccc3C)[C@H](CCO)C2)cc(OC)c1OC. The molecule has 6 heteroatoms. The molecule has 1 saturated heterocycles. The van der Waals surface area contributed by atoms with Gasteiger partial charge in [-0.25, -0.2) is 0 Å². The zero-order valence-electron chi connectivity index (χ0n) is 18.6. The molecule has 3 rings (SSSR count). The molecule has 0 amide bonds. The van der Waals surface area contributed by atoms with Gasteiger partial charge in [-0.05, 0) is 42.2 Å². The molecule has 0 aromatic heterocycles. The minimum absolute atomic E-state index is 0.201. The van der Waals surface area contributed by atoms with Crippen LogP contribution in [0.15, 0.2) is 36.4 Å². The van der Waals surface area contributed by atoms with Gasteiger partial charge in [-0.2, -0.15) is 0 Å². The first kappa shape index (κ1) is 22.4. The lowest BCUT2D eigenvalue weighted by Crippen LogP contribution is -2.52. The molecule has 0 aliphatic carbocycles. The topological polar surface area (TPSA) is 54.4 Å². The third-order valence-corrected chi connectivity index (χ3v) is 5.92. The van der Waals surface area contributed by atoms with Crippen LogP contribution in [0.1, 0.15) is 23.1 Å². The van der Waals surface area contributed by atoms with Crippen molar-refractivity contribution >= 4 is 0 Å². The summed E-state index contributed by atoms with van der Waals surface area (Å²) in [6.07, 6.45) is 0.775. The summed E-state index contributed by atoms with van der Waals surface area (Å²) in [6, 6.07) is 12.9. The van der Waals surface area contributed by atoms with Crippen molar-refractivity contribution in [3.05, 3.63) is 53.1 Å². The highest BCUT2D eigenvalue weighted by molar-refractivity contribution is 5.53. The predicted octanol–water partition coefficient (Wildman–Crippen LogP) is 3.09. The molecular weight excluding hydrogens is 380 g/mol. The van der Waals surface area contributed by atoms with Crippen molar-refractivity contribution < 1.29 is 19.3 Å². The number of hydrogen-bond acceptors (Lipinski definition) is 6. The van der Waals surface area contributed by atoms with Gasteiger partial charge in [-0.3, -0.25) is 9.80 Å². The van der Waals surface area contributed by atoms with E-state index >= 15 is 0 Å². The minimum Gasteiger partial charge on any atom is -0.493 e. The van der Waals surface area contributed by atoms with E-state index in [4.69, 9.17) is 14.2 Å². The van der Waals surface area contributed by atoms with Gasteiger partial charge in [0.25, 0.3) is 0 Å². The molecule has 1 aliphatic heterocycles. The zero-order valence-corrected chi connectivity index (χ0v) is 18.6. The van der Waals surface area contributed by atoms with E-state index in [0.717, 1.165) is 44.7 Å². The van der Waals surface area contributed by atoms with Gasteiger partial charge in [0.15, 0.2) is 11.5 Å². The van der Waals surface area contributed by atoms with Crippen molar-refractivity contribution in [3.8, 4) is 17.2 Å². The zero-order chi connectivity index (χ0) is 21.5. The minimum atomic E-state index is 0.201. The first-order valence-electron chi connectivity index (χ1n) is 10.5. The maximum atomic E-state index is 9.64. The maximum absolute atomic E-state index is 9.64. The molecule has 0 bridgehead atoms. The van der Waals surface area contributed by atoms with Crippen LogP contribution in [0.5, 0.6) is 17.2 Å². The molecule has 0 spiro atoms. The van der Waals surface area contributed by atoms with Crippen LogP contribution in [0.25, 0.3) is 0 Å². The summed E-state index contributed by atoms with van der Waals surface area (Å²) in [4.78, 5) is 4.94. The highest BCUT2D eigenvalue weighted by atomic mass is 16.5. The summed E-state index contributed by atoms with van der Waals surface area (Å²) in [5.74, 6) is 1.97. The summed E-state index contributed by atoms with van der Waals surface area (Å²) in [7, 11) is 4.90. The second kappa shape index (κ2) is 10.7. The fourth-order valence-corrected chi connectivity index (χ4v) is 4.22. The van der Waals surface area contributed by atoms with Gasteiger partial charge in [0.2, 0.25) is 5.75 Å². The van der Waals surface area contributed by atoms with E-state index in [9.17, 15) is 5.11 Å². The molecule has 164 valence electrons. The summed E-state index contributed by atoms with van der Waals surface area (Å²) >= 11 is 0. The Kier molecular flexibility index (Phi) is 7.96. The Labute approximate surface area is 180 Å². The Morgan fingerprint density at radius 3 is 2.27 bits per heavy atom. The highest BCUT2D eigenvalue weighted by Crippen LogP contribution is 2.38. The number of aliphatic hydroxyl groups excluding tert-OH is 1. The van der Waals surface area contributed by atoms with E-state index in [1.165, 1.54) is 11.1 Å². The molecule has 1 N–H and O–H groups in total. The monoisotopic (exact) mass is 414 g/mol.